The fraction of sp³-hybridized carbons (Fsp3) is 0.240. The summed E-state index contributed by atoms with van der Waals surface area (Å²) < 4.78 is 19.2. The van der Waals surface area contributed by atoms with Crippen LogP contribution < -0.4 is 10.1 Å². The van der Waals surface area contributed by atoms with Crippen LogP contribution in [-0.4, -0.2) is 33.5 Å². The van der Waals surface area contributed by atoms with Crippen molar-refractivity contribution in [1.82, 2.24) is 20.3 Å². The molecule has 4 aromatic rings. The molecule has 1 amide bonds. The van der Waals surface area contributed by atoms with Crippen molar-refractivity contribution in [3.8, 4) is 17.0 Å². The average molecular weight is 430 g/mol. The number of carbonyl (C=O) groups excluding carboxylic acids is 1. The maximum atomic E-state index is 13.3. The van der Waals surface area contributed by atoms with E-state index in [4.69, 9.17) is 9.72 Å². The van der Waals surface area contributed by atoms with Crippen LogP contribution >= 0.6 is 0 Å². The molecule has 32 heavy (non-hydrogen) atoms. The lowest BCUT2D eigenvalue weighted by Gasteiger charge is -2.34. The molecule has 1 fully saturated rings. The van der Waals surface area contributed by atoms with Gasteiger partial charge in [-0.2, -0.15) is 0 Å². The number of pyridine rings is 1. The number of aromatic amines is 1. The lowest BCUT2D eigenvalue weighted by molar-refractivity contribution is 0.0907. The number of ether oxygens (including phenoxy) is 1. The molecule has 162 valence electrons. The van der Waals surface area contributed by atoms with Gasteiger partial charge in [0.25, 0.3) is 5.91 Å². The first-order valence-electron chi connectivity index (χ1n) is 10.7. The first-order chi connectivity index (χ1) is 15.6. The van der Waals surface area contributed by atoms with Crippen LogP contribution in [0.25, 0.3) is 22.2 Å². The summed E-state index contributed by atoms with van der Waals surface area (Å²) in [6.07, 6.45) is 5.31. The van der Waals surface area contributed by atoms with Gasteiger partial charge in [0.05, 0.1) is 17.8 Å². The highest BCUT2D eigenvalue weighted by atomic mass is 19.1. The minimum Gasteiger partial charge on any atom is -0.493 e. The Morgan fingerprint density at radius 1 is 1.19 bits per heavy atom. The zero-order chi connectivity index (χ0) is 22.1. The van der Waals surface area contributed by atoms with Gasteiger partial charge in [0, 0.05) is 46.9 Å². The van der Waals surface area contributed by atoms with E-state index in [2.05, 4.69) is 15.3 Å². The topological polar surface area (TPSA) is 79.9 Å². The van der Waals surface area contributed by atoms with E-state index >= 15 is 0 Å². The summed E-state index contributed by atoms with van der Waals surface area (Å²) in [5.41, 5.74) is 2.65. The van der Waals surface area contributed by atoms with Crippen molar-refractivity contribution in [2.75, 3.05) is 6.61 Å². The molecule has 0 bridgehead atoms. The number of aromatic nitrogens is 3. The Kier molecular flexibility index (Phi) is 5.31. The third-order valence-corrected chi connectivity index (χ3v) is 5.85. The summed E-state index contributed by atoms with van der Waals surface area (Å²) in [5.74, 6) is 1.59. The first-order valence-corrected chi connectivity index (χ1v) is 10.7. The third-order valence-electron chi connectivity index (χ3n) is 5.85. The molecule has 0 spiro atoms. The third kappa shape index (κ3) is 3.93. The lowest BCUT2D eigenvalue weighted by Crippen LogP contribution is -2.43. The number of halogens is 1. The van der Waals surface area contributed by atoms with E-state index in [0.717, 1.165) is 29.6 Å². The summed E-state index contributed by atoms with van der Waals surface area (Å²) in [6, 6.07) is 13.6. The number of H-pyrrole nitrogens is 1. The predicted molar refractivity (Wildman–Crippen MR) is 120 cm³/mol. The van der Waals surface area contributed by atoms with Crippen LogP contribution in [0.15, 0.2) is 60.9 Å². The Hall–Kier alpha value is -3.74. The summed E-state index contributed by atoms with van der Waals surface area (Å²) >= 11 is 0. The van der Waals surface area contributed by atoms with Gasteiger partial charge in [-0.1, -0.05) is 0 Å². The average Bonchev–Trinajstić information content (AvgIpc) is 3.30. The van der Waals surface area contributed by atoms with Crippen molar-refractivity contribution in [2.24, 2.45) is 0 Å². The SMILES string of the molecule is CCOc1cc(-c2ccc(F)cc2)nc2cc(C(=O)N[C@H]3C[C@@H](c4ncc[nH]4)C3)ccc12. The number of carbonyl (C=O) groups is 1. The van der Waals surface area contributed by atoms with Gasteiger partial charge in [-0.25, -0.2) is 14.4 Å². The first kappa shape index (κ1) is 20.2. The fourth-order valence-electron chi connectivity index (χ4n) is 4.11. The van der Waals surface area contributed by atoms with Crippen LogP contribution in [-0.2, 0) is 0 Å². The minimum atomic E-state index is -0.302. The number of benzene rings is 2. The van der Waals surface area contributed by atoms with Gasteiger partial charge < -0.3 is 15.0 Å². The van der Waals surface area contributed by atoms with E-state index in [0.29, 0.717) is 35.0 Å². The Morgan fingerprint density at radius 2 is 2.00 bits per heavy atom. The molecule has 1 saturated carbocycles. The van der Waals surface area contributed by atoms with Crippen molar-refractivity contribution in [3.63, 3.8) is 0 Å². The van der Waals surface area contributed by atoms with Crippen LogP contribution in [0.2, 0.25) is 0 Å². The van der Waals surface area contributed by atoms with Gasteiger partial charge in [0.1, 0.15) is 17.4 Å². The molecule has 2 heterocycles. The number of hydrogen-bond acceptors (Lipinski definition) is 4. The number of nitrogens with one attached hydrogen (secondary N) is 2. The van der Waals surface area contributed by atoms with Gasteiger partial charge in [0.2, 0.25) is 0 Å². The van der Waals surface area contributed by atoms with Crippen LogP contribution in [0, 0.1) is 5.82 Å². The molecule has 0 aliphatic heterocycles. The molecular formula is C25H23FN4O2. The summed E-state index contributed by atoms with van der Waals surface area (Å²) in [6.45, 7) is 2.42. The van der Waals surface area contributed by atoms with E-state index in [1.54, 1.807) is 30.5 Å². The van der Waals surface area contributed by atoms with Crippen LogP contribution in [0.4, 0.5) is 4.39 Å². The molecular weight excluding hydrogens is 407 g/mol. The van der Waals surface area contributed by atoms with Gasteiger partial charge in [0.15, 0.2) is 0 Å². The van der Waals surface area contributed by atoms with Gasteiger partial charge in [-0.3, -0.25) is 4.79 Å². The smallest absolute Gasteiger partial charge is 0.251 e. The van der Waals surface area contributed by atoms with Gasteiger partial charge >= 0.3 is 0 Å². The molecule has 2 N–H and O–H groups in total. The molecule has 0 atom stereocenters. The van der Waals surface area contributed by atoms with Crippen LogP contribution in [0.3, 0.4) is 0 Å². The Balaban J connectivity index is 1.39. The van der Waals surface area contributed by atoms with Gasteiger partial charge in [-0.05, 0) is 62.2 Å². The monoisotopic (exact) mass is 430 g/mol. The number of fused-ring (bicyclic) bond motifs is 1. The predicted octanol–water partition coefficient (Wildman–Crippen LogP) is 4.84. The van der Waals surface area contributed by atoms with Crippen LogP contribution in [0.5, 0.6) is 5.75 Å². The Bertz CT molecular complexity index is 1250. The number of rotatable bonds is 6. The van der Waals surface area contributed by atoms with Crippen molar-refractivity contribution < 1.29 is 13.9 Å². The van der Waals surface area contributed by atoms with Crippen molar-refractivity contribution in [1.29, 1.82) is 0 Å². The molecule has 6 nitrogen and oxygen atoms in total. The van der Waals surface area contributed by atoms with Crippen molar-refractivity contribution >= 4 is 16.8 Å². The highest BCUT2D eigenvalue weighted by Gasteiger charge is 2.33. The highest BCUT2D eigenvalue weighted by molar-refractivity contribution is 5.99. The van der Waals surface area contributed by atoms with E-state index in [1.165, 1.54) is 12.1 Å². The van der Waals surface area contributed by atoms with E-state index < -0.39 is 0 Å². The molecule has 2 aromatic carbocycles. The minimum absolute atomic E-state index is 0.123. The molecule has 5 rings (SSSR count). The summed E-state index contributed by atoms with van der Waals surface area (Å²) in [5, 5.41) is 3.93. The molecule has 1 aliphatic rings. The van der Waals surface area contributed by atoms with Gasteiger partial charge in [-0.15, -0.1) is 0 Å². The zero-order valence-corrected chi connectivity index (χ0v) is 17.6. The molecule has 1 aliphatic carbocycles. The largest absolute Gasteiger partial charge is 0.493 e. The zero-order valence-electron chi connectivity index (χ0n) is 17.6. The maximum absolute atomic E-state index is 13.3. The number of imidazole rings is 1. The Labute approximate surface area is 184 Å². The fourth-order valence-corrected chi connectivity index (χ4v) is 4.11. The van der Waals surface area contributed by atoms with E-state index in [9.17, 15) is 9.18 Å². The normalized spacial score (nSPS) is 17.7. The molecule has 0 saturated heterocycles. The molecule has 0 radical (unpaired) electrons. The van der Waals surface area contributed by atoms with E-state index in [1.807, 2.05) is 25.3 Å². The number of amides is 1. The van der Waals surface area contributed by atoms with E-state index in [-0.39, 0.29) is 17.8 Å². The Morgan fingerprint density at radius 3 is 2.72 bits per heavy atom. The summed E-state index contributed by atoms with van der Waals surface area (Å²) in [4.78, 5) is 25.0. The second-order valence-corrected chi connectivity index (χ2v) is 7.99. The quantitative estimate of drug-likeness (QED) is 0.459. The molecule has 7 heteroatoms. The number of nitrogens with zero attached hydrogens (tertiary/aromatic N) is 2. The summed E-state index contributed by atoms with van der Waals surface area (Å²) in [7, 11) is 0. The molecule has 2 aromatic heterocycles. The second kappa shape index (κ2) is 8.42. The molecule has 0 unspecified atom stereocenters. The van der Waals surface area contributed by atoms with Crippen molar-refractivity contribution in [3.05, 3.63) is 78.1 Å². The number of hydrogen-bond donors (Lipinski definition) is 2. The van der Waals surface area contributed by atoms with Crippen LogP contribution in [0.1, 0.15) is 41.9 Å². The lowest BCUT2D eigenvalue weighted by atomic mass is 9.79. The maximum Gasteiger partial charge on any atom is 0.251 e. The second-order valence-electron chi connectivity index (χ2n) is 7.99. The van der Waals surface area contributed by atoms with Crippen molar-refractivity contribution in [2.45, 2.75) is 31.7 Å². The highest BCUT2D eigenvalue weighted by Crippen LogP contribution is 2.35. The standard InChI is InChI=1S/C25H23FN4O2/c1-2-32-23-14-21(15-3-6-18(26)7-4-15)30-22-13-16(5-8-20(22)23)25(31)29-19-11-17(12-19)24-27-9-10-28-24/h3-10,13-14,17,19H,2,11-12H2,1H3,(H,27,28)(H,29,31)/t17-,19+.